The number of hydrogen-bond donors (Lipinski definition) is 0. The minimum atomic E-state index is 0.519. The highest BCUT2D eigenvalue weighted by Crippen LogP contribution is 2.43. The van der Waals surface area contributed by atoms with E-state index >= 15 is 0 Å². The van der Waals surface area contributed by atoms with Crippen molar-refractivity contribution in [2.45, 2.75) is 0 Å². The predicted octanol–water partition coefficient (Wildman–Crippen LogP) is 16.9. The van der Waals surface area contributed by atoms with Crippen molar-refractivity contribution in [2.75, 3.05) is 0 Å². The van der Waals surface area contributed by atoms with E-state index < -0.39 is 0 Å². The first kappa shape index (κ1) is 39.4. The van der Waals surface area contributed by atoms with Crippen LogP contribution in [0.25, 0.3) is 144 Å². The zero-order valence-electron chi connectivity index (χ0n) is 38.2. The van der Waals surface area contributed by atoms with E-state index in [2.05, 4.69) is 240 Å². The maximum Gasteiger partial charge on any atom is 0.167 e. The Bertz CT molecular complexity index is 4620. The molecule has 0 saturated heterocycles. The van der Waals surface area contributed by atoms with Gasteiger partial charge in [-0.1, -0.05) is 158 Å². The smallest absolute Gasteiger partial charge is 0.167 e. The second-order valence-electron chi connectivity index (χ2n) is 18.4. The molecule has 0 bridgehead atoms. The Morgan fingerprint density at radius 3 is 1.48 bits per heavy atom. The summed E-state index contributed by atoms with van der Waals surface area (Å²) in [5, 5.41) is 11.3. The lowest BCUT2D eigenvalue weighted by Gasteiger charge is -2.13. The van der Waals surface area contributed by atoms with E-state index in [4.69, 9.17) is 19.4 Å². The van der Waals surface area contributed by atoms with E-state index in [1.54, 1.807) is 0 Å². The van der Waals surface area contributed by atoms with Crippen LogP contribution in [0.1, 0.15) is 0 Å². The van der Waals surface area contributed by atoms with Gasteiger partial charge in [-0.25, -0.2) is 15.0 Å². The van der Waals surface area contributed by atoms with Crippen molar-refractivity contribution in [1.29, 1.82) is 0 Å². The van der Waals surface area contributed by atoms with Crippen molar-refractivity contribution in [3.8, 4) is 56.7 Å². The van der Waals surface area contributed by atoms with E-state index in [0.29, 0.717) is 23.1 Å². The molecule has 0 amide bonds. The first-order chi connectivity index (χ1) is 35.2. The molecule has 6 nitrogen and oxygen atoms in total. The molecular weight excluding hydrogens is 867 g/mol. The van der Waals surface area contributed by atoms with Gasteiger partial charge in [-0.05, 0) is 112 Å². The average molecular weight is 906 g/mol. The number of benzene rings is 11. The molecule has 0 N–H and O–H groups in total. The average Bonchev–Trinajstić information content (AvgIpc) is 4.08. The highest BCUT2D eigenvalue weighted by Gasteiger charge is 2.23. The van der Waals surface area contributed by atoms with Gasteiger partial charge in [0.2, 0.25) is 0 Å². The molecule has 4 heterocycles. The Morgan fingerprint density at radius 2 is 0.775 bits per heavy atom. The van der Waals surface area contributed by atoms with Crippen molar-refractivity contribution in [1.82, 2.24) is 24.1 Å². The summed E-state index contributed by atoms with van der Waals surface area (Å²) in [4.78, 5) is 16.2. The Balaban J connectivity index is 1.01. The first-order valence-electron chi connectivity index (χ1n) is 24.0. The van der Waals surface area contributed by atoms with Gasteiger partial charge in [-0.2, -0.15) is 0 Å². The summed E-state index contributed by atoms with van der Waals surface area (Å²) in [5.74, 6) is 1.66. The fraction of sp³-hybridized carbons (Fsp3) is 0. The minimum Gasteiger partial charge on any atom is -0.455 e. The molecule has 0 atom stereocenters. The molecule has 0 radical (unpaired) electrons. The number of para-hydroxylation sites is 3. The highest BCUT2D eigenvalue weighted by atomic mass is 16.3. The molecule has 0 aliphatic rings. The number of hydrogen-bond acceptors (Lipinski definition) is 4. The van der Waals surface area contributed by atoms with Gasteiger partial charge in [-0.3, -0.25) is 0 Å². The lowest BCUT2D eigenvalue weighted by molar-refractivity contribution is 0.670. The van der Waals surface area contributed by atoms with Crippen LogP contribution in [0, 0.1) is 0 Å². The second-order valence-corrected chi connectivity index (χ2v) is 18.4. The summed E-state index contributed by atoms with van der Waals surface area (Å²) in [6.07, 6.45) is 0. The topological polar surface area (TPSA) is 61.7 Å². The molecule has 0 aliphatic carbocycles. The summed E-state index contributed by atoms with van der Waals surface area (Å²) >= 11 is 0. The minimum absolute atomic E-state index is 0.519. The molecule has 15 aromatic rings. The maximum absolute atomic E-state index is 7.05. The molecule has 0 unspecified atom stereocenters. The molecule has 15 rings (SSSR count). The summed E-state index contributed by atoms with van der Waals surface area (Å²) < 4.78 is 11.8. The molecule has 0 fully saturated rings. The SMILES string of the molecule is c1ccc(-c2ccc(-c3nc(-c4ccc5c(c4)c4ccccc4n5-c4ccccc4)nc(-c4cc(-n5c6ccccc6c6cc7ccccc7cc65)cc5c4oc4cc6ccccc6cc45)n3)cc2)cc1. The van der Waals surface area contributed by atoms with E-state index in [0.717, 1.165) is 99.2 Å². The molecule has 330 valence electrons. The van der Waals surface area contributed by atoms with Crippen molar-refractivity contribution in [3.05, 3.63) is 237 Å². The van der Waals surface area contributed by atoms with Crippen LogP contribution >= 0.6 is 0 Å². The van der Waals surface area contributed by atoms with Crippen molar-refractivity contribution in [2.24, 2.45) is 0 Å². The third-order valence-electron chi connectivity index (χ3n) is 14.3. The Hall–Kier alpha value is -9.65. The number of nitrogens with zero attached hydrogens (tertiary/aromatic N) is 5. The van der Waals surface area contributed by atoms with E-state index in [1.807, 2.05) is 6.07 Å². The third-order valence-corrected chi connectivity index (χ3v) is 14.3. The lowest BCUT2D eigenvalue weighted by Crippen LogP contribution is -2.02. The van der Waals surface area contributed by atoms with Crippen LogP contribution in [0.5, 0.6) is 0 Å². The summed E-state index contributed by atoms with van der Waals surface area (Å²) in [6.45, 7) is 0. The molecule has 0 saturated carbocycles. The highest BCUT2D eigenvalue weighted by molar-refractivity contribution is 6.17. The summed E-state index contributed by atoms with van der Waals surface area (Å²) in [7, 11) is 0. The Kier molecular flexibility index (Phi) is 8.56. The number of aromatic nitrogens is 5. The maximum atomic E-state index is 7.05. The van der Waals surface area contributed by atoms with Crippen LogP contribution in [0.2, 0.25) is 0 Å². The van der Waals surface area contributed by atoms with Gasteiger partial charge in [0.05, 0.1) is 27.6 Å². The van der Waals surface area contributed by atoms with Crippen LogP contribution in [0.3, 0.4) is 0 Å². The fourth-order valence-electron chi connectivity index (χ4n) is 10.9. The van der Waals surface area contributed by atoms with Crippen LogP contribution in [0.15, 0.2) is 241 Å². The van der Waals surface area contributed by atoms with E-state index in [1.165, 1.54) is 21.5 Å². The number of fused-ring (bicyclic) bond motifs is 11. The third kappa shape index (κ3) is 6.25. The molecule has 0 spiro atoms. The lowest BCUT2D eigenvalue weighted by atomic mass is 10.0. The monoisotopic (exact) mass is 905 g/mol. The van der Waals surface area contributed by atoms with Gasteiger partial charge in [0.25, 0.3) is 0 Å². The molecule has 11 aromatic carbocycles. The van der Waals surface area contributed by atoms with Crippen molar-refractivity contribution in [3.63, 3.8) is 0 Å². The van der Waals surface area contributed by atoms with Gasteiger partial charge in [0, 0.05) is 54.8 Å². The molecule has 4 aromatic heterocycles. The van der Waals surface area contributed by atoms with Gasteiger partial charge in [-0.15, -0.1) is 0 Å². The number of rotatable bonds is 6. The van der Waals surface area contributed by atoms with Crippen LogP contribution < -0.4 is 0 Å². The zero-order chi connectivity index (χ0) is 46.6. The predicted molar refractivity (Wildman–Crippen MR) is 293 cm³/mol. The van der Waals surface area contributed by atoms with Crippen LogP contribution in [-0.2, 0) is 0 Å². The van der Waals surface area contributed by atoms with Gasteiger partial charge < -0.3 is 13.6 Å². The fourth-order valence-corrected chi connectivity index (χ4v) is 10.9. The van der Waals surface area contributed by atoms with Gasteiger partial charge >= 0.3 is 0 Å². The number of furan rings is 1. The second kappa shape index (κ2) is 15.4. The molecular formula is C65H39N5O. The normalized spacial score (nSPS) is 11.9. The van der Waals surface area contributed by atoms with Gasteiger partial charge in [0.1, 0.15) is 11.2 Å². The van der Waals surface area contributed by atoms with Crippen molar-refractivity contribution < 1.29 is 4.42 Å². The molecule has 71 heavy (non-hydrogen) atoms. The van der Waals surface area contributed by atoms with Crippen molar-refractivity contribution >= 4 is 87.1 Å². The Labute approximate surface area is 407 Å². The Morgan fingerprint density at radius 1 is 0.282 bits per heavy atom. The molecule has 6 heteroatoms. The van der Waals surface area contributed by atoms with Crippen LogP contribution in [-0.4, -0.2) is 24.1 Å². The zero-order valence-corrected chi connectivity index (χ0v) is 38.2. The summed E-state index contributed by atoms with van der Waals surface area (Å²) in [6, 6.07) is 84.0. The van der Waals surface area contributed by atoms with E-state index in [9.17, 15) is 0 Å². The molecule has 0 aliphatic heterocycles. The van der Waals surface area contributed by atoms with E-state index in [-0.39, 0.29) is 0 Å². The largest absolute Gasteiger partial charge is 0.455 e. The summed E-state index contributed by atoms with van der Waals surface area (Å²) in [5.41, 5.74) is 12.9. The quantitative estimate of drug-likeness (QED) is 0.167. The van der Waals surface area contributed by atoms with Gasteiger partial charge in [0.15, 0.2) is 17.5 Å². The standard InChI is InChI=1S/C65H39N5O/c1-3-15-40(16-4-1)41-27-29-42(30-28-41)63-66-64(47-31-32-59-52(35-47)50-23-11-13-25-57(50)69(59)48-21-5-2-6-22-48)68-65(67-63)56-39-49(38-55-54-34-44-18-8-10-20-46(44)37-61(54)71-62(55)56)70-58-26-14-12-24-51(58)53-33-43-17-7-9-19-45(43)36-60(53)70/h1-39H. The first-order valence-corrected chi connectivity index (χ1v) is 24.0. The van der Waals surface area contributed by atoms with Crippen LogP contribution in [0.4, 0.5) is 0 Å².